The molecule has 0 radical (unpaired) electrons. The van der Waals surface area contributed by atoms with Crippen LogP contribution in [0.3, 0.4) is 0 Å². The fourth-order valence-corrected chi connectivity index (χ4v) is 5.98. The quantitative estimate of drug-likeness (QED) is 0.564. The van der Waals surface area contributed by atoms with Gasteiger partial charge in [0, 0.05) is 31.4 Å². The molecular weight excluding hydrogens is 474 g/mol. The summed E-state index contributed by atoms with van der Waals surface area (Å²) in [6.45, 7) is 8.55. The van der Waals surface area contributed by atoms with Gasteiger partial charge >= 0.3 is 0 Å². The molecule has 1 saturated heterocycles. The zero-order valence-electron chi connectivity index (χ0n) is 20.8. The Morgan fingerprint density at radius 3 is 2.56 bits per heavy atom. The third-order valence-electron chi connectivity index (χ3n) is 7.64. The van der Waals surface area contributed by atoms with E-state index in [1.807, 2.05) is 12.1 Å². The van der Waals surface area contributed by atoms with Crippen molar-refractivity contribution in [2.45, 2.75) is 50.7 Å². The summed E-state index contributed by atoms with van der Waals surface area (Å²) in [5, 5.41) is -0.187. The molecule has 1 fully saturated rings. The number of anilines is 2. The Morgan fingerprint density at radius 2 is 1.81 bits per heavy atom. The normalized spacial score (nSPS) is 19.1. The van der Waals surface area contributed by atoms with Crippen LogP contribution >= 0.6 is 0 Å². The number of sulfonamides is 1. The molecule has 1 atom stereocenters. The van der Waals surface area contributed by atoms with Crippen LogP contribution in [0, 0.1) is 5.92 Å². The van der Waals surface area contributed by atoms with E-state index in [-0.39, 0.29) is 16.1 Å². The average Bonchev–Trinajstić information content (AvgIpc) is 3.15. The topological polar surface area (TPSA) is 95.5 Å². The highest BCUT2D eigenvalue weighted by Crippen LogP contribution is 2.38. The molecule has 0 aliphatic carbocycles. The third kappa shape index (κ3) is 4.43. The van der Waals surface area contributed by atoms with Crippen LogP contribution in [0.5, 0.6) is 0 Å². The number of rotatable bonds is 5. The van der Waals surface area contributed by atoms with Gasteiger partial charge in [-0.1, -0.05) is 37.3 Å². The van der Waals surface area contributed by atoms with Gasteiger partial charge in [0.2, 0.25) is 0 Å². The molecule has 188 valence electrons. The van der Waals surface area contributed by atoms with E-state index in [0.29, 0.717) is 24.1 Å². The molecule has 4 heterocycles. The van der Waals surface area contributed by atoms with E-state index in [9.17, 15) is 13.2 Å². The molecule has 1 unspecified atom stereocenters. The second kappa shape index (κ2) is 9.20. The zero-order valence-corrected chi connectivity index (χ0v) is 21.6. The van der Waals surface area contributed by atoms with Crippen LogP contribution in [0.1, 0.15) is 48.7 Å². The minimum absolute atomic E-state index is 0.187. The number of aromatic nitrogens is 2. The second-order valence-corrected chi connectivity index (χ2v) is 11.7. The summed E-state index contributed by atoms with van der Waals surface area (Å²) >= 11 is 0. The minimum Gasteiger partial charge on any atom is -0.352 e. The van der Waals surface area contributed by atoms with Crippen molar-refractivity contribution < 1.29 is 13.2 Å². The molecule has 0 bridgehead atoms. The van der Waals surface area contributed by atoms with Crippen LogP contribution in [-0.2, 0) is 23.0 Å². The molecule has 3 aromatic rings. The highest BCUT2D eigenvalue weighted by Gasteiger charge is 2.40. The van der Waals surface area contributed by atoms with E-state index < -0.39 is 15.9 Å². The largest absolute Gasteiger partial charge is 0.352 e. The van der Waals surface area contributed by atoms with Crippen LogP contribution in [0.25, 0.3) is 0 Å². The molecule has 36 heavy (non-hydrogen) atoms. The molecule has 0 spiro atoms. The first kappa shape index (κ1) is 24.2. The molecule has 1 aromatic carbocycles. The van der Waals surface area contributed by atoms with Gasteiger partial charge in [-0.25, -0.2) is 14.7 Å². The van der Waals surface area contributed by atoms with Crippen molar-refractivity contribution >= 4 is 27.6 Å². The first-order valence-electron chi connectivity index (χ1n) is 12.3. The number of nitrogens with one attached hydrogen (secondary N) is 1. The van der Waals surface area contributed by atoms with E-state index in [0.717, 1.165) is 25.9 Å². The Kier molecular flexibility index (Phi) is 6.20. The second-order valence-electron chi connectivity index (χ2n) is 10.1. The molecule has 1 amide bonds. The van der Waals surface area contributed by atoms with Crippen LogP contribution in [0.15, 0.2) is 65.8 Å². The molecule has 0 saturated carbocycles. The van der Waals surface area contributed by atoms with Gasteiger partial charge in [-0.2, -0.15) is 8.42 Å². The van der Waals surface area contributed by atoms with Gasteiger partial charge < -0.3 is 9.80 Å². The Morgan fingerprint density at radius 1 is 1.03 bits per heavy atom. The lowest BCUT2D eigenvalue weighted by atomic mass is 9.90. The van der Waals surface area contributed by atoms with Crippen molar-refractivity contribution in [2.24, 2.45) is 5.92 Å². The highest BCUT2D eigenvalue weighted by atomic mass is 32.2. The van der Waals surface area contributed by atoms with Crippen LogP contribution in [0.4, 0.5) is 11.6 Å². The van der Waals surface area contributed by atoms with E-state index >= 15 is 0 Å². The first-order chi connectivity index (χ1) is 17.2. The standard InChI is InChI=1S/C27H31N5O3S/c1-19-13-17-32(27(19,2)3)25-22(10-7-15-28-25)26(33)30-36(34,35)24-12-6-11-23(29-24)31-16-14-20-8-4-5-9-21(20)18-31/h4-12,15,19H,13-14,16-18H2,1-3H3,(H,30,33). The summed E-state index contributed by atoms with van der Waals surface area (Å²) in [6, 6.07) is 16.3. The van der Waals surface area contributed by atoms with E-state index in [2.05, 4.69) is 57.4 Å². The number of nitrogens with zero attached hydrogens (tertiary/aromatic N) is 4. The molecule has 1 N–H and O–H groups in total. The molecule has 2 aromatic heterocycles. The number of carbonyl (C=O) groups is 1. The summed E-state index contributed by atoms with van der Waals surface area (Å²) < 4.78 is 28.7. The Hall–Kier alpha value is -3.46. The smallest absolute Gasteiger partial charge is 0.281 e. The predicted octanol–water partition coefficient (Wildman–Crippen LogP) is 3.78. The number of fused-ring (bicyclic) bond motifs is 1. The van der Waals surface area contributed by atoms with Gasteiger partial charge in [-0.3, -0.25) is 4.79 Å². The molecule has 8 nitrogen and oxygen atoms in total. The summed E-state index contributed by atoms with van der Waals surface area (Å²) in [7, 11) is -4.19. The number of carbonyl (C=O) groups excluding carboxylic acids is 1. The maximum Gasteiger partial charge on any atom is 0.281 e. The zero-order chi connectivity index (χ0) is 25.5. The Labute approximate surface area is 212 Å². The SMILES string of the molecule is CC1CCN(c2ncccc2C(=O)NS(=O)(=O)c2cccc(N3CCc4ccccc4C3)n2)C1(C)C. The Bertz CT molecular complexity index is 1410. The summed E-state index contributed by atoms with van der Waals surface area (Å²) in [5.41, 5.74) is 2.53. The van der Waals surface area contributed by atoms with Crippen molar-refractivity contribution in [3.63, 3.8) is 0 Å². The lowest BCUT2D eigenvalue weighted by Gasteiger charge is -2.36. The van der Waals surface area contributed by atoms with Gasteiger partial charge in [0.15, 0.2) is 5.03 Å². The minimum atomic E-state index is -4.19. The van der Waals surface area contributed by atoms with Gasteiger partial charge in [-0.05, 0) is 68.0 Å². The van der Waals surface area contributed by atoms with Gasteiger partial charge in [0.05, 0.1) is 5.56 Å². The van der Waals surface area contributed by atoms with E-state index in [4.69, 9.17) is 0 Å². The van der Waals surface area contributed by atoms with Crippen molar-refractivity contribution in [1.29, 1.82) is 0 Å². The van der Waals surface area contributed by atoms with Gasteiger partial charge in [0.1, 0.15) is 11.6 Å². The average molecular weight is 506 g/mol. The molecule has 5 rings (SSSR count). The first-order valence-corrected chi connectivity index (χ1v) is 13.7. The van der Waals surface area contributed by atoms with Crippen molar-refractivity contribution in [3.05, 3.63) is 77.5 Å². The lowest BCUT2D eigenvalue weighted by Crippen LogP contribution is -2.43. The maximum atomic E-state index is 13.2. The number of pyridine rings is 2. The lowest BCUT2D eigenvalue weighted by molar-refractivity contribution is 0.0981. The molecule has 9 heteroatoms. The van der Waals surface area contributed by atoms with Crippen LogP contribution in [-0.4, -0.2) is 42.9 Å². The number of hydrogen-bond acceptors (Lipinski definition) is 7. The van der Waals surface area contributed by atoms with E-state index in [1.165, 1.54) is 17.2 Å². The van der Waals surface area contributed by atoms with Gasteiger partial charge in [-0.15, -0.1) is 0 Å². The molecule has 2 aliphatic rings. The monoisotopic (exact) mass is 505 g/mol. The van der Waals surface area contributed by atoms with Crippen molar-refractivity contribution in [1.82, 2.24) is 14.7 Å². The van der Waals surface area contributed by atoms with Crippen molar-refractivity contribution in [3.8, 4) is 0 Å². The highest BCUT2D eigenvalue weighted by molar-refractivity contribution is 7.90. The molecular formula is C27H31N5O3S. The number of amides is 1. The third-order valence-corrected chi connectivity index (χ3v) is 8.87. The Balaban J connectivity index is 1.38. The maximum absolute atomic E-state index is 13.2. The van der Waals surface area contributed by atoms with E-state index in [1.54, 1.807) is 30.5 Å². The van der Waals surface area contributed by atoms with Crippen LogP contribution < -0.4 is 14.5 Å². The number of benzene rings is 1. The summed E-state index contributed by atoms with van der Waals surface area (Å²) in [4.78, 5) is 26.3. The molecule has 2 aliphatic heterocycles. The fraction of sp³-hybridized carbons (Fsp3) is 0.370. The predicted molar refractivity (Wildman–Crippen MR) is 140 cm³/mol. The van der Waals surface area contributed by atoms with Crippen LogP contribution in [0.2, 0.25) is 0 Å². The number of hydrogen-bond donors (Lipinski definition) is 1. The summed E-state index contributed by atoms with van der Waals surface area (Å²) in [6.07, 6.45) is 3.46. The van der Waals surface area contributed by atoms with Crippen molar-refractivity contribution in [2.75, 3.05) is 22.9 Å². The fourth-order valence-electron chi connectivity index (χ4n) is 5.05. The summed E-state index contributed by atoms with van der Waals surface area (Å²) in [5.74, 6) is 0.753. The van der Waals surface area contributed by atoms with Gasteiger partial charge in [0.25, 0.3) is 15.9 Å².